The van der Waals surface area contributed by atoms with Crippen LogP contribution >= 0.6 is 0 Å². The van der Waals surface area contributed by atoms with E-state index < -0.39 is 17.8 Å². The Morgan fingerprint density at radius 3 is 1.32 bits per heavy atom. The molecule has 7 heteroatoms. The molecule has 0 N–H and O–H groups in total. The maximum absolute atomic E-state index is 13.6. The van der Waals surface area contributed by atoms with Crippen LogP contribution in [0.3, 0.4) is 0 Å². The summed E-state index contributed by atoms with van der Waals surface area (Å²) in [6.45, 7) is 8.86. The lowest BCUT2D eigenvalue weighted by molar-refractivity contribution is -0.134. The molecule has 0 unspecified atom stereocenters. The van der Waals surface area contributed by atoms with Gasteiger partial charge in [-0.3, -0.25) is 19.4 Å². The van der Waals surface area contributed by atoms with Crippen LogP contribution in [0, 0.1) is 0 Å². The molecule has 6 rings (SSSR count). The number of amides is 4. The minimum absolute atomic E-state index is 0.0473. The van der Waals surface area contributed by atoms with Gasteiger partial charge in [0.05, 0.1) is 0 Å². The minimum atomic E-state index is -0.623. The number of para-hydroxylation sites is 2. The second kappa shape index (κ2) is 10.2. The number of urea groups is 1. The predicted octanol–water partition coefficient (Wildman–Crippen LogP) is 6.60. The second-order valence-corrected chi connectivity index (χ2v) is 13.2. The Hall–Kier alpha value is -4.65. The van der Waals surface area contributed by atoms with Crippen molar-refractivity contribution < 1.29 is 14.4 Å². The Morgan fingerprint density at radius 2 is 0.932 bits per heavy atom. The fourth-order valence-electron chi connectivity index (χ4n) is 7.38. The van der Waals surface area contributed by atoms with Gasteiger partial charge in [-0.15, -0.1) is 0 Å². The topological polar surface area (TPSA) is 64.2 Å². The zero-order valence-electron chi connectivity index (χ0n) is 26.9. The third-order valence-corrected chi connectivity index (χ3v) is 9.93. The number of rotatable bonds is 2. The van der Waals surface area contributed by atoms with Gasteiger partial charge in [0.15, 0.2) is 0 Å². The van der Waals surface area contributed by atoms with E-state index >= 15 is 0 Å². The van der Waals surface area contributed by atoms with Crippen LogP contribution in [0.25, 0.3) is 0 Å². The quantitative estimate of drug-likeness (QED) is 0.292. The third kappa shape index (κ3) is 4.20. The summed E-state index contributed by atoms with van der Waals surface area (Å²) in [5.74, 6) is -1.13. The smallest absolute Gasteiger partial charge is 0.333 e. The number of imide groups is 2. The zero-order valence-corrected chi connectivity index (χ0v) is 26.9. The normalized spacial score (nSPS) is 24.6. The molecule has 4 amide bonds. The van der Waals surface area contributed by atoms with Crippen LogP contribution in [-0.4, -0.2) is 55.8 Å². The Kier molecular flexibility index (Phi) is 6.83. The molecule has 0 radical (unpaired) electrons. The van der Waals surface area contributed by atoms with E-state index in [0.717, 1.165) is 32.3 Å². The maximum Gasteiger partial charge on any atom is 0.333 e. The molecule has 4 aliphatic rings. The molecule has 0 aromatic heterocycles. The van der Waals surface area contributed by atoms with Gasteiger partial charge in [0, 0.05) is 61.8 Å². The molecule has 44 heavy (non-hydrogen) atoms. The van der Waals surface area contributed by atoms with Crippen molar-refractivity contribution in [2.24, 2.45) is 0 Å². The first kappa shape index (κ1) is 29.4. The summed E-state index contributed by atoms with van der Waals surface area (Å²) in [7, 11) is 7.01. The van der Waals surface area contributed by atoms with Crippen molar-refractivity contribution in [2.45, 2.75) is 51.4 Å². The van der Waals surface area contributed by atoms with E-state index in [-0.39, 0.29) is 16.4 Å². The van der Waals surface area contributed by atoms with E-state index in [1.165, 1.54) is 36.6 Å². The van der Waals surface area contributed by atoms with Gasteiger partial charge in [-0.1, -0.05) is 76.2 Å². The molecule has 1 aliphatic carbocycles. The van der Waals surface area contributed by atoms with Gasteiger partial charge in [0.2, 0.25) is 0 Å². The van der Waals surface area contributed by atoms with E-state index in [2.05, 4.69) is 112 Å². The molecule has 226 valence electrons. The molecule has 2 fully saturated rings. The van der Waals surface area contributed by atoms with Crippen molar-refractivity contribution in [3.05, 3.63) is 118 Å². The van der Waals surface area contributed by atoms with Crippen molar-refractivity contribution in [3.8, 4) is 0 Å². The lowest BCUT2D eigenvalue weighted by Crippen LogP contribution is -2.53. The van der Waals surface area contributed by atoms with E-state index in [0.29, 0.717) is 18.4 Å². The van der Waals surface area contributed by atoms with Gasteiger partial charge < -0.3 is 9.80 Å². The Bertz CT molecular complexity index is 1660. The summed E-state index contributed by atoms with van der Waals surface area (Å²) in [6, 6.07) is 16.2. The van der Waals surface area contributed by atoms with Crippen LogP contribution in [0.2, 0.25) is 0 Å². The average molecular weight is 589 g/mol. The minimum Gasteiger partial charge on any atom is -0.347 e. The first-order chi connectivity index (χ1) is 20.8. The molecule has 0 spiro atoms. The van der Waals surface area contributed by atoms with Gasteiger partial charge in [0.1, 0.15) is 5.57 Å². The van der Waals surface area contributed by atoms with Crippen LogP contribution in [0.4, 0.5) is 16.2 Å². The Balaban J connectivity index is 1.49. The summed E-state index contributed by atoms with van der Waals surface area (Å²) in [5.41, 5.74) is 9.20. The molecule has 7 nitrogen and oxygen atoms in total. The van der Waals surface area contributed by atoms with Crippen molar-refractivity contribution in [1.29, 1.82) is 0 Å². The Labute approximate surface area is 260 Å². The maximum atomic E-state index is 13.6. The molecule has 2 aromatic rings. The number of benzene rings is 2. The van der Waals surface area contributed by atoms with Crippen LogP contribution in [0.5, 0.6) is 0 Å². The fourth-order valence-corrected chi connectivity index (χ4v) is 7.38. The summed E-state index contributed by atoms with van der Waals surface area (Å²) < 4.78 is 0. The number of likely N-dealkylation sites (N-methyl/N-ethyl adjacent to an activating group) is 4. The number of carbonyl (C=O) groups is 3. The number of nitrogens with zero attached hydrogens (tertiary/aromatic N) is 4. The highest BCUT2D eigenvalue weighted by molar-refractivity contribution is 6.29. The largest absolute Gasteiger partial charge is 0.347 e. The van der Waals surface area contributed by atoms with Gasteiger partial charge in [0.25, 0.3) is 11.8 Å². The SMILES string of the molecule is CN1C(=O)C(=C2C(=CC=C3N(C)c4ccccc4C3(C)C)CC/C2=C\C=C2\N(C)c3ccccc3C2(C)C)C(=O)N(C)C1=O. The molecule has 3 aliphatic heterocycles. The van der Waals surface area contributed by atoms with Crippen LogP contribution in [0.15, 0.2) is 107 Å². The van der Waals surface area contributed by atoms with E-state index in [1.807, 2.05) is 12.1 Å². The summed E-state index contributed by atoms with van der Waals surface area (Å²) in [4.78, 5) is 46.3. The number of hydrogen-bond acceptors (Lipinski definition) is 5. The van der Waals surface area contributed by atoms with Crippen molar-refractivity contribution in [1.82, 2.24) is 9.80 Å². The predicted molar refractivity (Wildman–Crippen MR) is 175 cm³/mol. The zero-order chi connectivity index (χ0) is 31.7. The highest BCUT2D eigenvalue weighted by Gasteiger charge is 2.43. The molecule has 0 atom stereocenters. The van der Waals surface area contributed by atoms with Gasteiger partial charge >= 0.3 is 6.03 Å². The van der Waals surface area contributed by atoms with Crippen molar-refractivity contribution in [2.75, 3.05) is 38.0 Å². The molecule has 1 saturated heterocycles. The molecular formula is C37H40N4O3. The van der Waals surface area contributed by atoms with E-state index in [1.54, 1.807) is 0 Å². The second-order valence-electron chi connectivity index (χ2n) is 13.2. The van der Waals surface area contributed by atoms with Crippen LogP contribution < -0.4 is 9.80 Å². The third-order valence-electron chi connectivity index (χ3n) is 9.93. The molecule has 2 aromatic carbocycles. The van der Waals surface area contributed by atoms with Gasteiger partial charge in [-0.2, -0.15) is 0 Å². The monoisotopic (exact) mass is 588 g/mol. The number of allylic oxidation sites excluding steroid dienone is 9. The van der Waals surface area contributed by atoms with Gasteiger partial charge in [-0.05, 0) is 65.0 Å². The summed E-state index contributed by atoms with van der Waals surface area (Å²) in [6.07, 6.45) is 9.73. The van der Waals surface area contributed by atoms with Crippen molar-refractivity contribution in [3.63, 3.8) is 0 Å². The van der Waals surface area contributed by atoms with Crippen LogP contribution in [-0.2, 0) is 20.4 Å². The van der Waals surface area contributed by atoms with Crippen LogP contribution in [0.1, 0.15) is 51.7 Å². The summed E-state index contributed by atoms with van der Waals surface area (Å²) >= 11 is 0. The summed E-state index contributed by atoms with van der Waals surface area (Å²) in [5, 5.41) is 0. The molecule has 3 heterocycles. The Morgan fingerprint density at radius 1 is 0.545 bits per heavy atom. The number of hydrogen-bond donors (Lipinski definition) is 0. The van der Waals surface area contributed by atoms with E-state index in [4.69, 9.17) is 0 Å². The first-order valence-electron chi connectivity index (χ1n) is 15.1. The number of fused-ring (bicyclic) bond motifs is 2. The number of barbiturate groups is 1. The highest BCUT2D eigenvalue weighted by Crippen LogP contribution is 2.49. The average Bonchev–Trinajstić information content (AvgIpc) is 3.55. The lowest BCUT2D eigenvalue weighted by Gasteiger charge is -2.30. The highest BCUT2D eigenvalue weighted by atomic mass is 16.2. The molecular weight excluding hydrogens is 548 g/mol. The van der Waals surface area contributed by atoms with E-state index in [9.17, 15) is 14.4 Å². The van der Waals surface area contributed by atoms with Gasteiger partial charge in [-0.25, -0.2) is 4.79 Å². The first-order valence-corrected chi connectivity index (χ1v) is 15.1. The molecule has 1 saturated carbocycles. The molecule has 0 bridgehead atoms. The number of anilines is 2. The number of carbonyl (C=O) groups excluding carboxylic acids is 3. The standard InChI is InChI=1S/C37H40N4O3/c1-36(2)25-13-9-11-15-27(25)38(5)29(36)21-19-23-17-18-24(31(23)32-33(42)40(7)35(44)41(8)34(32)43)20-22-30-37(3,4)26-14-10-12-16-28(26)39(30)6/h9-16,19-22H,17-18H2,1-8H3/b23-19+,24-20?,29-21+,30-22?. The lowest BCUT2D eigenvalue weighted by atomic mass is 9.83. The fraction of sp³-hybridized carbons (Fsp3) is 0.324. The van der Waals surface area contributed by atoms with Crippen molar-refractivity contribution >= 4 is 29.2 Å².